The summed E-state index contributed by atoms with van der Waals surface area (Å²) >= 11 is 0. The monoisotopic (exact) mass is 600 g/mol. The summed E-state index contributed by atoms with van der Waals surface area (Å²) in [5, 5.41) is 11.2. The van der Waals surface area contributed by atoms with Crippen molar-refractivity contribution < 1.29 is 4.42 Å². The van der Waals surface area contributed by atoms with E-state index in [4.69, 9.17) is 19.4 Å². The van der Waals surface area contributed by atoms with Crippen LogP contribution in [0.25, 0.3) is 99.3 Å². The minimum Gasteiger partial charge on any atom is -0.438 e. The third kappa shape index (κ3) is 4.03. The fraction of sp³-hybridized carbons (Fsp3) is 0. The van der Waals surface area contributed by atoms with Crippen molar-refractivity contribution in [1.29, 1.82) is 0 Å². The van der Waals surface area contributed by atoms with Crippen LogP contribution in [0.4, 0.5) is 0 Å². The number of furan rings is 1. The molecule has 5 heteroatoms. The van der Waals surface area contributed by atoms with Crippen molar-refractivity contribution in [2.24, 2.45) is 0 Å². The van der Waals surface area contributed by atoms with E-state index in [2.05, 4.69) is 120 Å². The number of pyridine rings is 1. The number of fused-ring (bicyclic) bond motifs is 9. The molecule has 10 aromatic rings. The number of benzene rings is 7. The molecule has 0 bridgehead atoms. The molecule has 3 aromatic heterocycles. The van der Waals surface area contributed by atoms with E-state index in [1.165, 1.54) is 26.9 Å². The summed E-state index contributed by atoms with van der Waals surface area (Å²) in [4.78, 5) is 20.0. The van der Waals surface area contributed by atoms with E-state index in [0.717, 1.165) is 49.2 Å². The first-order chi connectivity index (χ1) is 23.3. The standard InChI is InChI=1S/C42H24N4O/c1-2-10-28-24-29(18-17-25(28)8-1)39-44-40(46-41(45-39)34-14-6-16-36-38(34)35-15-7-23-43-42(35)47-36)33-13-5-11-27-20-21-31-30-12-4-3-9-26(30)19-22-32(31)37(27)33/h1-24H. The number of hydrogen-bond donors (Lipinski definition) is 0. The maximum Gasteiger partial charge on any atom is 0.227 e. The van der Waals surface area contributed by atoms with E-state index < -0.39 is 0 Å². The zero-order chi connectivity index (χ0) is 30.9. The van der Waals surface area contributed by atoms with Crippen molar-refractivity contribution in [2.75, 3.05) is 0 Å². The van der Waals surface area contributed by atoms with Crippen molar-refractivity contribution in [3.05, 3.63) is 146 Å². The molecule has 0 N–H and O–H groups in total. The van der Waals surface area contributed by atoms with Gasteiger partial charge in [-0.05, 0) is 62.0 Å². The van der Waals surface area contributed by atoms with Gasteiger partial charge in [0.2, 0.25) is 5.71 Å². The third-order valence-corrected chi connectivity index (χ3v) is 9.16. The Bertz CT molecular complexity index is 2870. The first kappa shape index (κ1) is 25.8. The predicted octanol–water partition coefficient (Wildman–Crippen LogP) is 10.8. The summed E-state index contributed by atoms with van der Waals surface area (Å²) in [6.45, 7) is 0. The summed E-state index contributed by atoms with van der Waals surface area (Å²) in [6.07, 6.45) is 1.75. The minimum absolute atomic E-state index is 0.581. The lowest BCUT2D eigenvalue weighted by atomic mass is 9.94. The molecule has 0 saturated carbocycles. The van der Waals surface area contributed by atoms with Crippen LogP contribution in [0.3, 0.4) is 0 Å². The Kier molecular flexibility index (Phi) is 5.51. The van der Waals surface area contributed by atoms with Gasteiger partial charge in [-0.2, -0.15) is 0 Å². The first-order valence-corrected chi connectivity index (χ1v) is 15.6. The molecular weight excluding hydrogens is 576 g/mol. The van der Waals surface area contributed by atoms with Gasteiger partial charge in [0.25, 0.3) is 0 Å². The molecule has 0 aliphatic rings. The molecule has 0 spiro atoms. The number of rotatable bonds is 3. The Morgan fingerprint density at radius 2 is 1.06 bits per heavy atom. The van der Waals surface area contributed by atoms with Crippen LogP contribution in [-0.2, 0) is 0 Å². The molecule has 0 saturated heterocycles. The quantitative estimate of drug-likeness (QED) is 0.189. The summed E-state index contributed by atoms with van der Waals surface area (Å²) in [7, 11) is 0. The highest BCUT2D eigenvalue weighted by atomic mass is 16.3. The summed E-state index contributed by atoms with van der Waals surface area (Å²) in [5.74, 6) is 1.81. The number of hydrogen-bond acceptors (Lipinski definition) is 5. The maximum absolute atomic E-state index is 6.15. The zero-order valence-electron chi connectivity index (χ0n) is 25.1. The van der Waals surface area contributed by atoms with Crippen LogP contribution < -0.4 is 0 Å². The average Bonchev–Trinajstić information content (AvgIpc) is 3.53. The summed E-state index contributed by atoms with van der Waals surface area (Å²) < 4.78 is 6.15. The van der Waals surface area contributed by atoms with Crippen molar-refractivity contribution in [2.45, 2.75) is 0 Å². The molecule has 3 heterocycles. The van der Waals surface area contributed by atoms with Crippen LogP contribution in [0.15, 0.2) is 150 Å². The highest BCUT2D eigenvalue weighted by Gasteiger charge is 2.20. The van der Waals surface area contributed by atoms with Gasteiger partial charge in [-0.15, -0.1) is 0 Å². The van der Waals surface area contributed by atoms with Crippen molar-refractivity contribution in [3.63, 3.8) is 0 Å². The van der Waals surface area contributed by atoms with Crippen LogP contribution in [0, 0.1) is 0 Å². The molecule has 7 aromatic carbocycles. The molecule has 0 atom stereocenters. The van der Waals surface area contributed by atoms with E-state index in [1.54, 1.807) is 6.20 Å². The normalized spacial score (nSPS) is 11.8. The number of aromatic nitrogens is 4. The van der Waals surface area contributed by atoms with Gasteiger partial charge in [-0.1, -0.05) is 115 Å². The predicted molar refractivity (Wildman–Crippen MR) is 191 cm³/mol. The summed E-state index contributed by atoms with van der Waals surface area (Å²) in [6, 6.07) is 48.4. The molecule has 218 valence electrons. The van der Waals surface area contributed by atoms with Gasteiger partial charge in [0, 0.05) is 39.0 Å². The van der Waals surface area contributed by atoms with E-state index in [0.29, 0.717) is 23.2 Å². The van der Waals surface area contributed by atoms with Crippen LogP contribution in [0.1, 0.15) is 0 Å². The van der Waals surface area contributed by atoms with E-state index in [1.807, 2.05) is 24.3 Å². The van der Waals surface area contributed by atoms with Crippen LogP contribution in [-0.4, -0.2) is 19.9 Å². The molecule has 0 radical (unpaired) electrons. The smallest absolute Gasteiger partial charge is 0.227 e. The van der Waals surface area contributed by atoms with Gasteiger partial charge in [-0.3, -0.25) is 0 Å². The topological polar surface area (TPSA) is 64.7 Å². The SMILES string of the molecule is c1ccc2cc(-c3nc(-c4cccc5ccc6c7ccccc7ccc6c45)nc(-c4cccc5oc6ncccc6c45)n3)ccc2c1. The minimum atomic E-state index is 0.581. The van der Waals surface area contributed by atoms with Crippen LogP contribution >= 0.6 is 0 Å². The Balaban J connectivity index is 1.29. The zero-order valence-corrected chi connectivity index (χ0v) is 25.1. The molecular formula is C42H24N4O. The highest BCUT2D eigenvalue weighted by molar-refractivity contribution is 6.20. The van der Waals surface area contributed by atoms with Gasteiger partial charge in [0.15, 0.2) is 17.5 Å². The maximum atomic E-state index is 6.15. The van der Waals surface area contributed by atoms with Gasteiger partial charge in [0.05, 0.1) is 0 Å². The number of nitrogens with zero attached hydrogens (tertiary/aromatic N) is 4. The molecule has 0 fully saturated rings. The van der Waals surface area contributed by atoms with Crippen molar-refractivity contribution in [1.82, 2.24) is 19.9 Å². The van der Waals surface area contributed by atoms with Crippen LogP contribution in [0.5, 0.6) is 0 Å². The van der Waals surface area contributed by atoms with Crippen molar-refractivity contribution in [3.8, 4) is 34.2 Å². The van der Waals surface area contributed by atoms with Crippen molar-refractivity contribution >= 4 is 65.2 Å². The second kappa shape index (κ2) is 10.0. The Hall–Kier alpha value is -6.46. The second-order valence-corrected chi connectivity index (χ2v) is 11.9. The molecule has 10 rings (SSSR count). The average molecular weight is 601 g/mol. The van der Waals surface area contributed by atoms with E-state index in [-0.39, 0.29) is 0 Å². The lowest BCUT2D eigenvalue weighted by Crippen LogP contribution is -2.01. The van der Waals surface area contributed by atoms with Gasteiger partial charge in [-0.25, -0.2) is 19.9 Å². The fourth-order valence-corrected chi connectivity index (χ4v) is 6.98. The van der Waals surface area contributed by atoms with Gasteiger partial charge in [0.1, 0.15) is 5.58 Å². The van der Waals surface area contributed by atoms with E-state index >= 15 is 0 Å². The molecule has 0 aliphatic heterocycles. The lowest BCUT2D eigenvalue weighted by Gasteiger charge is -2.13. The van der Waals surface area contributed by atoms with Crippen LogP contribution in [0.2, 0.25) is 0 Å². The second-order valence-electron chi connectivity index (χ2n) is 11.9. The Morgan fingerprint density at radius 1 is 0.404 bits per heavy atom. The Morgan fingerprint density at radius 3 is 1.96 bits per heavy atom. The Labute approximate surface area is 268 Å². The fourth-order valence-electron chi connectivity index (χ4n) is 6.98. The largest absolute Gasteiger partial charge is 0.438 e. The highest BCUT2D eigenvalue weighted by Crippen LogP contribution is 2.39. The third-order valence-electron chi connectivity index (χ3n) is 9.16. The first-order valence-electron chi connectivity index (χ1n) is 15.6. The van der Waals surface area contributed by atoms with E-state index in [9.17, 15) is 0 Å². The molecule has 0 aliphatic carbocycles. The summed E-state index contributed by atoms with van der Waals surface area (Å²) in [5.41, 5.74) is 4.09. The van der Waals surface area contributed by atoms with Gasteiger partial charge >= 0.3 is 0 Å². The van der Waals surface area contributed by atoms with Gasteiger partial charge < -0.3 is 4.42 Å². The molecule has 47 heavy (non-hydrogen) atoms. The lowest BCUT2D eigenvalue weighted by molar-refractivity contribution is 0.654. The molecule has 0 amide bonds. The molecule has 5 nitrogen and oxygen atoms in total. The molecule has 0 unspecified atom stereocenters.